The van der Waals surface area contributed by atoms with Gasteiger partial charge in [0.05, 0.1) is 10.9 Å². The Hall–Kier alpha value is -2.81. The fourth-order valence-electron chi connectivity index (χ4n) is 2.43. The maximum absolute atomic E-state index is 12.5. The molecular weight excluding hydrogens is 354 g/mol. The van der Waals surface area contributed by atoms with Crippen molar-refractivity contribution < 1.29 is 4.79 Å². The topological polar surface area (TPSA) is 110 Å². The number of aromatic nitrogens is 4. The average Bonchev–Trinajstić information content (AvgIpc) is 3.03. The zero-order valence-electron chi connectivity index (χ0n) is 14.9. The quantitative estimate of drug-likeness (QED) is 0.731. The van der Waals surface area contributed by atoms with Crippen molar-refractivity contribution >= 4 is 33.3 Å². The molecule has 26 heavy (non-hydrogen) atoms. The molecule has 1 amide bonds. The van der Waals surface area contributed by atoms with E-state index in [0.29, 0.717) is 21.6 Å². The standard InChI is InChI=1S/C17H19N5O3S/c1-5-22-13(24)10-7-6-9(8-11(10)18-16(22)25)12(23)19-15-21-20-14(26-15)17(2,3)4/h6-8H,5H2,1-4H3,(H,18,25)(H,19,21,23). The summed E-state index contributed by atoms with van der Waals surface area (Å²) < 4.78 is 1.11. The highest BCUT2D eigenvalue weighted by atomic mass is 32.1. The maximum atomic E-state index is 12.5. The number of fused-ring (bicyclic) bond motifs is 1. The molecule has 3 rings (SSSR count). The Labute approximate surface area is 152 Å². The molecule has 3 aromatic rings. The highest BCUT2D eigenvalue weighted by Crippen LogP contribution is 2.27. The first kappa shape index (κ1) is 18.0. The summed E-state index contributed by atoms with van der Waals surface area (Å²) in [5.41, 5.74) is -0.389. The number of H-pyrrole nitrogens is 1. The third kappa shape index (κ3) is 3.30. The van der Waals surface area contributed by atoms with E-state index in [0.717, 1.165) is 9.57 Å². The maximum Gasteiger partial charge on any atom is 0.328 e. The second kappa shape index (κ2) is 6.49. The number of carbonyl (C=O) groups excluding carboxylic acids is 1. The number of nitrogens with zero attached hydrogens (tertiary/aromatic N) is 3. The van der Waals surface area contributed by atoms with Gasteiger partial charge in [0, 0.05) is 17.5 Å². The molecule has 0 aliphatic rings. The zero-order chi connectivity index (χ0) is 19.1. The van der Waals surface area contributed by atoms with Crippen LogP contribution in [0, 0.1) is 0 Å². The molecule has 8 nitrogen and oxygen atoms in total. The summed E-state index contributed by atoms with van der Waals surface area (Å²) in [4.78, 5) is 39.3. The number of rotatable bonds is 3. The Morgan fingerprint density at radius 3 is 2.62 bits per heavy atom. The van der Waals surface area contributed by atoms with Crippen molar-refractivity contribution in [1.29, 1.82) is 0 Å². The minimum Gasteiger partial charge on any atom is -0.307 e. The van der Waals surface area contributed by atoms with Crippen molar-refractivity contribution in [2.75, 3.05) is 5.32 Å². The van der Waals surface area contributed by atoms with E-state index in [1.54, 1.807) is 13.0 Å². The van der Waals surface area contributed by atoms with Crippen LogP contribution in [-0.2, 0) is 12.0 Å². The van der Waals surface area contributed by atoms with Gasteiger partial charge in [0.1, 0.15) is 5.01 Å². The Morgan fingerprint density at radius 1 is 1.27 bits per heavy atom. The molecule has 0 atom stereocenters. The number of benzene rings is 1. The average molecular weight is 373 g/mol. The molecule has 2 aromatic heterocycles. The van der Waals surface area contributed by atoms with Gasteiger partial charge in [-0.05, 0) is 25.1 Å². The van der Waals surface area contributed by atoms with E-state index in [4.69, 9.17) is 0 Å². The van der Waals surface area contributed by atoms with E-state index in [1.807, 2.05) is 20.8 Å². The zero-order valence-corrected chi connectivity index (χ0v) is 15.7. The van der Waals surface area contributed by atoms with Crippen LogP contribution in [0.1, 0.15) is 43.1 Å². The molecule has 0 spiro atoms. The van der Waals surface area contributed by atoms with E-state index in [-0.39, 0.29) is 23.4 Å². The molecule has 0 aliphatic carbocycles. The van der Waals surface area contributed by atoms with Crippen molar-refractivity contribution in [2.45, 2.75) is 39.7 Å². The smallest absolute Gasteiger partial charge is 0.307 e. The minimum absolute atomic E-state index is 0.151. The number of anilines is 1. The fourth-order valence-corrected chi connectivity index (χ4v) is 3.23. The molecule has 0 aliphatic heterocycles. The van der Waals surface area contributed by atoms with Gasteiger partial charge in [-0.25, -0.2) is 4.79 Å². The van der Waals surface area contributed by atoms with Crippen LogP contribution in [0.3, 0.4) is 0 Å². The molecule has 1 aromatic carbocycles. The Balaban J connectivity index is 1.93. The second-order valence-electron chi connectivity index (χ2n) is 6.86. The summed E-state index contributed by atoms with van der Waals surface area (Å²) >= 11 is 1.31. The molecule has 2 N–H and O–H groups in total. The molecule has 0 saturated carbocycles. The lowest BCUT2D eigenvalue weighted by Gasteiger charge is -2.12. The van der Waals surface area contributed by atoms with Gasteiger partial charge in [-0.1, -0.05) is 32.1 Å². The van der Waals surface area contributed by atoms with Crippen LogP contribution < -0.4 is 16.6 Å². The normalized spacial score (nSPS) is 11.7. The van der Waals surface area contributed by atoms with Gasteiger partial charge in [0.2, 0.25) is 5.13 Å². The lowest BCUT2D eigenvalue weighted by Crippen LogP contribution is -2.34. The summed E-state index contributed by atoms with van der Waals surface area (Å²) in [7, 11) is 0. The van der Waals surface area contributed by atoms with Crippen molar-refractivity contribution in [3.05, 3.63) is 49.6 Å². The number of hydrogen-bond donors (Lipinski definition) is 2. The van der Waals surface area contributed by atoms with Crippen LogP contribution in [0.15, 0.2) is 27.8 Å². The van der Waals surface area contributed by atoms with Gasteiger partial charge in [0.15, 0.2) is 0 Å². The second-order valence-corrected chi connectivity index (χ2v) is 7.83. The highest BCUT2D eigenvalue weighted by Gasteiger charge is 2.20. The third-order valence-electron chi connectivity index (χ3n) is 3.85. The number of aromatic amines is 1. The summed E-state index contributed by atoms with van der Waals surface area (Å²) in [5.74, 6) is -0.385. The number of amides is 1. The molecule has 0 fully saturated rings. The van der Waals surface area contributed by atoms with Gasteiger partial charge >= 0.3 is 5.69 Å². The van der Waals surface area contributed by atoms with Crippen molar-refractivity contribution in [3.63, 3.8) is 0 Å². The monoisotopic (exact) mass is 373 g/mol. The number of hydrogen-bond acceptors (Lipinski definition) is 6. The van der Waals surface area contributed by atoms with E-state index in [1.165, 1.54) is 23.5 Å². The predicted octanol–water partition coefficient (Wildman–Crippen LogP) is 2.11. The molecule has 2 heterocycles. The van der Waals surface area contributed by atoms with Gasteiger partial charge < -0.3 is 4.98 Å². The summed E-state index contributed by atoms with van der Waals surface area (Å²) in [5, 5.41) is 12.3. The van der Waals surface area contributed by atoms with Crippen molar-refractivity contribution in [3.8, 4) is 0 Å². The first-order chi connectivity index (χ1) is 12.2. The van der Waals surface area contributed by atoms with Crippen molar-refractivity contribution in [2.24, 2.45) is 0 Å². The first-order valence-electron chi connectivity index (χ1n) is 8.13. The molecular formula is C17H19N5O3S. The predicted molar refractivity (Wildman–Crippen MR) is 101 cm³/mol. The SMILES string of the molecule is CCn1c(=O)[nH]c2cc(C(=O)Nc3nnc(C(C)(C)C)s3)ccc2c1=O. The van der Waals surface area contributed by atoms with Crippen LogP contribution in [0.5, 0.6) is 0 Å². The van der Waals surface area contributed by atoms with Gasteiger partial charge in [-0.3, -0.25) is 19.5 Å². The van der Waals surface area contributed by atoms with Crippen LogP contribution >= 0.6 is 11.3 Å². The molecule has 0 saturated heterocycles. The molecule has 0 radical (unpaired) electrons. The van der Waals surface area contributed by atoms with E-state index < -0.39 is 5.69 Å². The molecule has 9 heteroatoms. The van der Waals surface area contributed by atoms with Crippen LogP contribution in [0.25, 0.3) is 10.9 Å². The third-order valence-corrected chi connectivity index (χ3v) is 5.11. The van der Waals surface area contributed by atoms with Gasteiger partial charge in [-0.15, -0.1) is 10.2 Å². The summed E-state index contributed by atoms with van der Waals surface area (Å²) in [6, 6.07) is 4.57. The lowest BCUT2D eigenvalue weighted by atomic mass is 9.98. The van der Waals surface area contributed by atoms with Crippen LogP contribution in [0.2, 0.25) is 0 Å². The Bertz CT molecular complexity index is 1100. The van der Waals surface area contributed by atoms with E-state index in [2.05, 4.69) is 20.5 Å². The number of carbonyl (C=O) groups is 1. The highest BCUT2D eigenvalue weighted by molar-refractivity contribution is 7.15. The Morgan fingerprint density at radius 2 is 2.00 bits per heavy atom. The lowest BCUT2D eigenvalue weighted by molar-refractivity contribution is 0.102. The van der Waals surface area contributed by atoms with Crippen LogP contribution in [0.4, 0.5) is 5.13 Å². The summed E-state index contributed by atoms with van der Waals surface area (Å²) in [6.45, 7) is 8.04. The number of nitrogens with one attached hydrogen (secondary N) is 2. The van der Waals surface area contributed by atoms with Crippen molar-refractivity contribution in [1.82, 2.24) is 19.7 Å². The Kier molecular flexibility index (Phi) is 4.49. The summed E-state index contributed by atoms with van der Waals surface area (Å²) in [6.07, 6.45) is 0. The van der Waals surface area contributed by atoms with Crippen LogP contribution in [-0.4, -0.2) is 25.7 Å². The largest absolute Gasteiger partial charge is 0.328 e. The molecule has 136 valence electrons. The minimum atomic E-state index is -0.499. The fraction of sp³-hybridized carbons (Fsp3) is 0.353. The van der Waals surface area contributed by atoms with Gasteiger partial charge in [0.25, 0.3) is 11.5 Å². The van der Waals surface area contributed by atoms with E-state index in [9.17, 15) is 14.4 Å². The van der Waals surface area contributed by atoms with Gasteiger partial charge in [-0.2, -0.15) is 0 Å². The molecule has 0 bridgehead atoms. The van der Waals surface area contributed by atoms with E-state index >= 15 is 0 Å². The molecule has 0 unspecified atom stereocenters. The first-order valence-corrected chi connectivity index (χ1v) is 8.94.